The predicted octanol–water partition coefficient (Wildman–Crippen LogP) is 4.07. The van der Waals surface area contributed by atoms with Crippen molar-refractivity contribution in [2.24, 2.45) is 0 Å². The molecule has 2 aromatic carbocycles. The first-order valence-electron chi connectivity index (χ1n) is 13.1. The number of hydrogen-bond donors (Lipinski definition) is 1. The molecule has 0 aliphatic carbocycles. The molecule has 5 heterocycles. The number of tetrazole rings is 1. The number of hydrogen-bond acceptors (Lipinski definition) is 9. The standard InChI is InChI=1S/C30H25N7O4/c38-30-24(12-22-13-26-27(41-19-40-26)14-25(22)32-30)28(29-33-34-35-37(29)17-20-6-2-1-3-7-20)36(18-23-9-5-11-39-23)16-21-8-4-10-31-15-21/h1-15,28H,16-19H2,(H,32,38)/t28-/m0/s1. The van der Waals surface area contributed by atoms with Crippen LogP contribution in [0.25, 0.3) is 10.9 Å². The number of benzene rings is 2. The lowest BCUT2D eigenvalue weighted by molar-refractivity contribution is 0.174. The third-order valence-corrected chi connectivity index (χ3v) is 7.05. The molecule has 0 saturated heterocycles. The van der Waals surface area contributed by atoms with Gasteiger partial charge in [0.25, 0.3) is 5.56 Å². The van der Waals surface area contributed by atoms with Crippen molar-refractivity contribution in [2.75, 3.05) is 6.79 Å². The zero-order valence-corrected chi connectivity index (χ0v) is 21.9. The lowest BCUT2D eigenvalue weighted by Crippen LogP contribution is -2.35. The molecule has 0 amide bonds. The molecule has 41 heavy (non-hydrogen) atoms. The third kappa shape index (κ3) is 5.06. The summed E-state index contributed by atoms with van der Waals surface area (Å²) < 4.78 is 18.6. The van der Waals surface area contributed by atoms with E-state index >= 15 is 0 Å². The highest BCUT2D eigenvalue weighted by Crippen LogP contribution is 2.37. The maximum absolute atomic E-state index is 13.8. The Labute approximate surface area is 234 Å². The molecule has 4 aromatic heterocycles. The largest absolute Gasteiger partial charge is 0.468 e. The number of rotatable bonds is 9. The van der Waals surface area contributed by atoms with Crippen LogP contribution in [0.15, 0.2) is 101 Å². The Morgan fingerprint density at radius 2 is 1.80 bits per heavy atom. The average Bonchev–Trinajstić information content (AvgIpc) is 3.77. The fourth-order valence-electron chi connectivity index (χ4n) is 5.16. The molecule has 0 fully saturated rings. The number of nitrogens with zero attached hydrogens (tertiary/aromatic N) is 6. The van der Waals surface area contributed by atoms with E-state index < -0.39 is 6.04 Å². The number of pyridine rings is 2. The van der Waals surface area contributed by atoms with Gasteiger partial charge in [-0.1, -0.05) is 36.4 Å². The van der Waals surface area contributed by atoms with E-state index in [1.807, 2.05) is 72.9 Å². The minimum Gasteiger partial charge on any atom is -0.468 e. The molecule has 1 atom stereocenters. The van der Waals surface area contributed by atoms with Gasteiger partial charge in [0, 0.05) is 36.0 Å². The van der Waals surface area contributed by atoms with Crippen molar-refractivity contribution < 1.29 is 13.9 Å². The Bertz CT molecular complexity index is 1840. The Morgan fingerprint density at radius 1 is 0.951 bits per heavy atom. The molecule has 1 aliphatic heterocycles. The lowest BCUT2D eigenvalue weighted by atomic mass is 10.0. The quantitative estimate of drug-likeness (QED) is 0.285. The molecule has 11 heteroatoms. The molecular weight excluding hydrogens is 522 g/mol. The zero-order chi connectivity index (χ0) is 27.6. The van der Waals surface area contributed by atoms with Gasteiger partial charge in [0.1, 0.15) is 11.8 Å². The highest BCUT2D eigenvalue weighted by Gasteiger charge is 2.32. The van der Waals surface area contributed by atoms with Crippen molar-refractivity contribution in [3.63, 3.8) is 0 Å². The topological polar surface area (TPSA) is 124 Å². The minimum absolute atomic E-state index is 0.141. The number of aromatic amines is 1. The van der Waals surface area contributed by atoms with Crippen LogP contribution in [0.5, 0.6) is 11.5 Å². The summed E-state index contributed by atoms with van der Waals surface area (Å²) in [4.78, 5) is 23.3. The van der Waals surface area contributed by atoms with Crippen molar-refractivity contribution in [2.45, 2.75) is 25.7 Å². The van der Waals surface area contributed by atoms with Crippen molar-refractivity contribution >= 4 is 10.9 Å². The summed E-state index contributed by atoms with van der Waals surface area (Å²) in [7, 11) is 0. The third-order valence-electron chi connectivity index (χ3n) is 7.05. The summed E-state index contributed by atoms with van der Waals surface area (Å²) in [5, 5.41) is 13.6. The molecule has 1 N–H and O–H groups in total. The van der Waals surface area contributed by atoms with E-state index in [-0.39, 0.29) is 12.4 Å². The molecule has 7 rings (SSSR count). The Balaban J connectivity index is 1.39. The molecule has 0 unspecified atom stereocenters. The van der Waals surface area contributed by atoms with E-state index in [1.54, 1.807) is 23.2 Å². The number of furan rings is 1. The second-order valence-electron chi connectivity index (χ2n) is 9.78. The van der Waals surface area contributed by atoms with E-state index in [2.05, 4.69) is 30.4 Å². The second-order valence-corrected chi connectivity index (χ2v) is 9.78. The van der Waals surface area contributed by atoms with E-state index in [4.69, 9.17) is 13.9 Å². The predicted molar refractivity (Wildman–Crippen MR) is 148 cm³/mol. The Kier molecular flexibility index (Phi) is 6.45. The molecule has 0 spiro atoms. The summed E-state index contributed by atoms with van der Waals surface area (Å²) in [5.74, 6) is 2.49. The zero-order valence-electron chi connectivity index (χ0n) is 21.9. The first-order chi connectivity index (χ1) is 20.2. The monoisotopic (exact) mass is 547 g/mol. The summed E-state index contributed by atoms with van der Waals surface area (Å²) in [6.45, 7) is 1.42. The van der Waals surface area contributed by atoms with Crippen LogP contribution in [0.3, 0.4) is 0 Å². The molecule has 204 valence electrons. The average molecular weight is 548 g/mol. The number of nitrogens with one attached hydrogen (secondary N) is 1. The molecule has 11 nitrogen and oxygen atoms in total. The van der Waals surface area contributed by atoms with Crippen molar-refractivity contribution in [1.29, 1.82) is 0 Å². The van der Waals surface area contributed by atoms with Crippen LogP contribution in [-0.4, -0.2) is 41.9 Å². The number of aromatic nitrogens is 6. The normalized spacial score (nSPS) is 13.2. The fourth-order valence-corrected chi connectivity index (χ4v) is 5.16. The molecular formula is C30H25N7O4. The van der Waals surface area contributed by atoms with Gasteiger partial charge < -0.3 is 18.9 Å². The summed E-state index contributed by atoms with van der Waals surface area (Å²) >= 11 is 0. The molecule has 1 aliphatic rings. The molecule has 0 radical (unpaired) electrons. The van der Waals surface area contributed by atoms with Gasteiger partial charge in [-0.3, -0.25) is 14.7 Å². The summed E-state index contributed by atoms with van der Waals surface area (Å²) in [6.07, 6.45) is 5.18. The Hall–Kier alpha value is -5.29. The van der Waals surface area contributed by atoms with Crippen molar-refractivity contribution in [3.8, 4) is 11.5 Å². The number of fused-ring (bicyclic) bond motifs is 2. The van der Waals surface area contributed by atoms with Gasteiger partial charge in [0.05, 0.1) is 24.9 Å². The molecule has 0 saturated carbocycles. The Morgan fingerprint density at radius 3 is 2.61 bits per heavy atom. The smallest absolute Gasteiger partial charge is 0.253 e. The van der Waals surface area contributed by atoms with Gasteiger partial charge >= 0.3 is 0 Å². The van der Waals surface area contributed by atoms with Crippen LogP contribution in [0, 0.1) is 0 Å². The van der Waals surface area contributed by atoms with Gasteiger partial charge in [-0.15, -0.1) is 5.10 Å². The van der Waals surface area contributed by atoms with E-state index in [9.17, 15) is 4.79 Å². The highest BCUT2D eigenvalue weighted by atomic mass is 16.7. The van der Waals surface area contributed by atoms with E-state index in [0.29, 0.717) is 48.0 Å². The van der Waals surface area contributed by atoms with E-state index in [0.717, 1.165) is 22.3 Å². The van der Waals surface area contributed by atoms with Crippen LogP contribution in [-0.2, 0) is 19.6 Å². The molecule has 6 aromatic rings. The second kappa shape index (κ2) is 10.7. The number of ether oxygens (including phenoxy) is 2. The summed E-state index contributed by atoms with van der Waals surface area (Å²) in [6, 6.07) is 22.5. The van der Waals surface area contributed by atoms with Crippen LogP contribution >= 0.6 is 0 Å². The van der Waals surface area contributed by atoms with Gasteiger partial charge in [-0.05, 0) is 51.9 Å². The maximum atomic E-state index is 13.8. The number of H-pyrrole nitrogens is 1. The summed E-state index contributed by atoms with van der Waals surface area (Å²) in [5.41, 5.74) is 2.87. The molecule has 0 bridgehead atoms. The van der Waals surface area contributed by atoms with Gasteiger partial charge in [-0.25, -0.2) is 4.68 Å². The minimum atomic E-state index is -0.641. The van der Waals surface area contributed by atoms with Crippen LogP contribution in [0.4, 0.5) is 0 Å². The first kappa shape index (κ1) is 24.7. The lowest BCUT2D eigenvalue weighted by Gasteiger charge is -2.30. The van der Waals surface area contributed by atoms with Gasteiger partial charge in [0.15, 0.2) is 17.3 Å². The van der Waals surface area contributed by atoms with Crippen LogP contribution in [0.2, 0.25) is 0 Å². The van der Waals surface area contributed by atoms with Crippen molar-refractivity contribution in [3.05, 3.63) is 130 Å². The van der Waals surface area contributed by atoms with Crippen molar-refractivity contribution in [1.82, 2.24) is 35.1 Å². The van der Waals surface area contributed by atoms with Crippen LogP contribution in [0.1, 0.15) is 34.3 Å². The van der Waals surface area contributed by atoms with Gasteiger partial charge in [0.2, 0.25) is 6.79 Å². The van der Waals surface area contributed by atoms with Gasteiger partial charge in [-0.2, -0.15) is 0 Å². The highest BCUT2D eigenvalue weighted by molar-refractivity contribution is 5.83. The van der Waals surface area contributed by atoms with E-state index in [1.165, 1.54) is 0 Å². The fraction of sp³-hybridized carbons (Fsp3) is 0.167. The maximum Gasteiger partial charge on any atom is 0.253 e. The first-order valence-corrected chi connectivity index (χ1v) is 13.1. The SMILES string of the molecule is O=c1[nH]c2cc3c(cc2cc1[C@@H](c1nnnn1Cc1ccccc1)N(Cc1cccnc1)Cc1ccco1)OCO3. The van der Waals surface area contributed by atoms with Crippen LogP contribution < -0.4 is 15.0 Å².